The zero-order valence-corrected chi connectivity index (χ0v) is 18.8. The van der Waals surface area contributed by atoms with Gasteiger partial charge in [-0.05, 0) is 59.5 Å². The highest BCUT2D eigenvalue weighted by Gasteiger charge is 2.40. The number of fused-ring (bicyclic) bond motifs is 1. The first-order valence-corrected chi connectivity index (χ1v) is 12.8. The molecular formula is C17H25ClIN3OSi. The average Bonchev–Trinajstić information content (AvgIpc) is 2.74. The molecule has 0 radical (unpaired) electrons. The van der Waals surface area contributed by atoms with Crippen molar-refractivity contribution in [3.8, 4) is 0 Å². The summed E-state index contributed by atoms with van der Waals surface area (Å²) in [5.74, 6) is 2.25. The van der Waals surface area contributed by atoms with Gasteiger partial charge in [0.05, 0.1) is 0 Å². The zero-order chi connectivity index (χ0) is 17.7. The molecule has 0 spiro atoms. The van der Waals surface area contributed by atoms with Gasteiger partial charge in [0.25, 0.3) is 0 Å². The molecule has 0 saturated heterocycles. The van der Waals surface area contributed by atoms with E-state index in [4.69, 9.17) is 21.0 Å². The molecule has 0 atom stereocenters. The van der Waals surface area contributed by atoms with E-state index >= 15 is 0 Å². The summed E-state index contributed by atoms with van der Waals surface area (Å²) >= 11 is 8.46. The van der Waals surface area contributed by atoms with Gasteiger partial charge in [-0.25, -0.2) is 9.97 Å². The van der Waals surface area contributed by atoms with Crippen LogP contribution in [0.2, 0.25) is 23.3 Å². The van der Waals surface area contributed by atoms with Gasteiger partial charge in [0.2, 0.25) is 0 Å². The van der Waals surface area contributed by atoms with E-state index in [9.17, 15) is 0 Å². The normalized spacial score (nSPS) is 22.0. The highest BCUT2D eigenvalue weighted by Crippen LogP contribution is 2.44. The predicted octanol–water partition coefficient (Wildman–Crippen LogP) is 5.50. The van der Waals surface area contributed by atoms with Crippen LogP contribution >= 0.6 is 34.2 Å². The third-order valence-electron chi connectivity index (χ3n) is 5.58. The Kier molecular flexibility index (Phi) is 5.05. The summed E-state index contributed by atoms with van der Waals surface area (Å²) in [5.41, 5.74) is 0.927. The van der Waals surface area contributed by atoms with Gasteiger partial charge in [-0.2, -0.15) is 0 Å². The number of hydrogen-bond donors (Lipinski definition) is 0. The Balaban J connectivity index is 1.65. The molecule has 0 aliphatic heterocycles. The van der Waals surface area contributed by atoms with Crippen molar-refractivity contribution in [2.75, 3.05) is 6.61 Å². The molecule has 3 rings (SSSR count). The highest BCUT2D eigenvalue weighted by atomic mass is 127. The lowest BCUT2D eigenvalue weighted by Crippen LogP contribution is -2.43. The molecule has 0 unspecified atom stereocenters. The summed E-state index contributed by atoms with van der Waals surface area (Å²) in [6.07, 6.45) is 5.99. The molecule has 7 heteroatoms. The van der Waals surface area contributed by atoms with Crippen molar-refractivity contribution in [3.63, 3.8) is 0 Å². The van der Waals surface area contributed by atoms with Crippen molar-refractivity contribution in [3.05, 3.63) is 27.1 Å². The smallest absolute Gasteiger partial charge is 0.191 e. The van der Waals surface area contributed by atoms with Gasteiger partial charge in [0, 0.05) is 24.9 Å². The molecule has 2 aromatic rings. The SMILES string of the molecule is CC(C)(C)[Si](C)(C)OC[C@H]1C[C@H](c2nc(I)c3c(Cl)nccn32)C1. The van der Waals surface area contributed by atoms with Crippen LogP contribution in [0.3, 0.4) is 0 Å². The standard InChI is InChI=1S/C17H25ClIN3OSi/c1-17(2,3)24(4,5)23-10-11-8-12(9-11)16-21-15(19)13-14(18)20-6-7-22(13)16/h6-7,11-12H,8-10H2,1-5H3/t11-,12-. The number of imidazole rings is 1. The lowest BCUT2D eigenvalue weighted by atomic mass is 9.75. The van der Waals surface area contributed by atoms with Crippen molar-refractivity contribution < 1.29 is 4.43 Å². The minimum absolute atomic E-state index is 0.273. The number of halogens is 2. The second-order valence-corrected chi connectivity index (χ2v) is 14.5. The number of hydrogen-bond acceptors (Lipinski definition) is 3. The Hall–Kier alpha value is -0.183. The Bertz CT molecular complexity index is 750. The van der Waals surface area contributed by atoms with E-state index < -0.39 is 8.32 Å². The maximum Gasteiger partial charge on any atom is 0.191 e. The quantitative estimate of drug-likeness (QED) is 0.431. The average molecular weight is 478 g/mol. The van der Waals surface area contributed by atoms with Crippen LogP contribution in [0.4, 0.5) is 0 Å². The fraction of sp³-hybridized carbons (Fsp3) is 0.647. The summed E-state index contributed by atoms with van der Waals surface area (Å²) in [4.78, 5) is 8.91. The Labute approximate surface area is 163 Å². The first-order chi connectivity index (χ1) is 11.1. The monoisotopic (exact) mass is 477 g/mol. The number of aromatic nitrogens is 3. The Morgan fingerprint density at radius 2 is 2.04 bits per heavy atom. The molecule has 132 valence electrons. The fourth-order valence-corrected chi connectivity index (χ4v) is 5.14. The van der Waals surface area contributed by atoms with Crippen molar-refractivity contribution in [1.29, 1.82) is 0 Å². The van der Waals surface area contributed by atoms with Gasteiger partial charge < -0.3 is 4.43 Å². The van der Waals surface area contributed by atoms with E-state index in [0.29, 0.717) is 17.0 Å². The van der Waals surface area contributed by atoms with Crippen molar-refractivity contribution in [2.24, 2.45) is 5.92 Å². The molecule has 0 amide bonds. The van der Waals surface area contributed by atoms with Gasteiger partial charge in [-0.1, -0.05) is 32.4 Å². The molecule has 1 fully saturated rings. The molecule has 1 aliphatic carbocycles. The van der Waals surface area contributed by atoms with Crippen LogP contribution < -0.4 is 0 Å². The lowest BCUT2D eigenvalue weighted by Gasteiger charge is -2.40. The van der Waals surface area contributed by atoms with Crippen molar-refractivity contribution >= 4 is 48.0 Å². The Morgan fingerprint density at radius 1 is 1.38 bits per heavy atom. The minimum atomic E-state index is -1.65. The molecule has 2 heterocycles. The molecule has 24 heavy (non-hydrogen) atoms. The van der Waals surface area contributed by atoms with E-state index in [1.165, 1.54) is 0 Å². The maximum absolute atomic E-state index is 6.37. The first-order valence-electron chi connectivity index (χ1n) is 8.42. The maximum atomic E-state index is 6.37. The molecule has 4 nitrogen and oxygen atoms in total. The van der Waals surface area contributed by atoms with Crippen LogP contribution in [0.5, 0.6) is 0 Å². The van der Waals surface area contributed by atoms with E-state index in [2.05, 4.69) is 65.8 Å². The zero-order valence-electron chi connectivity index (χ0n) is 14.9. The van der Waals surface area contributed by atoms with Crippen LogP contribution in [0.25, 0.3) is 5.52 Å². The van der Waals surface area contributed by atoms with Gasteiger partial charge in [-0.15, -0.1) is 0 Å². The van der Waals surface area contributed by atoms with Crippen molar-refractivity contribution in [2.45, 2.75) is 57.7 Å². The minimum Gasteiger partial charge on any atom is -0.417 e. The molecule has 0 aromatic carbocycles. The van der Waals surface area contributed by atoms with E-state index in [1.807, 2.05) is 6.20 Å². The van der Waals surface area contributed by atoms with Crippen LogP contribution in [-0.2, 0) is 4.43 Å². The molecule has 0 N–H and O–H groups in total. The van der Waals surface area contributed by atoms with Crippen LogP contribution in [0.15, 0.2) is 12.4 Å². The van der Waals surface area contributed by atoms with Crippen LogP contribution in [0.1, 0.15) is 45.4 Å². The molecular weight excluding hydrogens is 453 g/mol. The third-order valence-corrected chi connectivity index (χ3v) is 11.1. The van der Waals surface area contributed by atoms with Gasteiger partial charge in [-0.3, -0.25) is 4.40 Å². The number of rotatable bonds is 4. The van der Waals surface area contributed by atoms with Crippen molar-refractivity contribution in [1.82, 2.24) is 14.4 Å². The second-order valence-electron chi connectivity index (χ2n) is 8.30. The van der Waals surface area contributed by atoms with Gasteiger partial charge in [0.1, 0.15) is 15.0 Å². The molecule has 0 bridgehead atoms. The largest absolute Gasteiger partial charge is 0.417 e. The summed E-state index contributed by atoms with van der Waals surface area (Å²) < 4.78 is 9.41. The van der Waals surface area contributed by atoms with Gasteiger partial charge >= 0.3 is 0 Å². The molecule has 1 aliphatic rings. The number of nitrogens with zero attached hydrogens (tertiary/aromatic N) is 3. The van der Waals surface area contributed by atoms with Crippen LogP contribution in [-0.4, -0.2) is 29.3 Å². The fourth-order valence-electron chi connectivity index (χ4n) is 2.90. The van der Waals surface area contributed by atoms with E-state index in [1.54, 1.807) is 6.20 Å². The lowest BCUT2D eigenvalue weighted by molar-refractivity contribution is 0.143. The summed E-state index contributed by atoms with van der Waals surface area (Å²) in [6, 6.07) is 0. The Morgan fingerprint density at radius 3 is 2.67 bits per heavy atom. The molecule has 1 saturated carbocycles. The third kappa shape index (κ3) is 3.39. The first kappa shape index (κ1) is 18.6. The van der Waals surface area contributed by atoms with Gasteiger partial charge in [0.15, 0.2) is 13.5 Å². The predicted molar refractivity (Wildman–Crippen MR) is 109 cm³/mol. The van der Waals surface area contributed by atoms with E-state index in [0.717, 1.165) is 34.5 Å². The second kappa shape index (κ2) is 6.52. The highest BCUT2D eigenvalue weighted by molar-refractivity contribution is 14.1. The summed E-state index contributed by atoms with van der Waals surface area (Å²) in [7, 11) is -1.65. The van der Waals surface area contributed by atoms with Crippen LogP contribution in [0, 0.1) is 9.62 Å². The summed E-state index contributed by atoms with van der Waals surface area (Å²) in [5, 5.41) is 0.799. The molecule has 2 aromatic heterocycles. The summed E-state index contributed by atoms with van der Waals surface area (Å²) in [6.45, 7) is 12.4. The van der Waals surface area contributed by atoms with E-state index in [-0.39, 0.29) is 5.04 Å². The topological polar surface area (TPSA) is 39.4 Å².